The molecule has 5 N–H and O–H groups in total. The predicted molar refractivity (Wildman–Crippen MR) is 137 cm³/mol. The van der Waals surface area contributed by atoms with Crippen LogP contribution in [0.25, 0.3) is 0 Å². The number of nitrogens with zero attached hydrogens (tertiary/aromatic N) is 1. The predicted octanol–water partition coefficient (Wildman–Crippen LogP) is 2.24. The van der Waals surface area contributed by atoms with Crippen LogP contribution in [0.3, 0.4) is 0 Å². The van der Waals surface area contributed by atoms with Gasteiger partial charge in [0.1, 0.15) is 17.7 Å². The Morgan fingerprint density at radius 1 is 1.08 bits per heavy atom. The highest BCUT2D eigenvalue weighted by molar-refractivity contribution is 5.94. The van der Waals surface area contributed by atoms with Crippen molar-refractivity contribution in [3.05, 3.63) is 34.9 Å². The van der Waals surface area contributed by atoms with Crippen LogP contribution in [0.2, 0.25) is 0 Å². The average Bonchev–Trinajstić information content (AvgIpc) is 2.70. The van der Waals surface area contributed by atoms with Gasteiger partial charge in [-0.1, -0.05) is 42.7 Å². The molecule has 0 saturated heterocycles. The van der Waals surface area contributed by atoms with E-state index in [0.29, 0.717) is 5.56 Å². The van der Waals surface area contributed by atoms with Gasteiger partial charge in [-0.15, -0.1) is 0 Å². The Bertz CT molecular complexity index is 907. The Balaban J connectivity index is 3.51. The molecule has 4 amide bonds. The van der Waals surface area contributed by atoms with Gasteiger partial charge < -0.3 is 31.1 Å². The zero-order chi connectivity index (χ0) is 27.6. The number of amides is 4. The quantitative estimate of drug-likeness (QED) is 0.341. The monoisotopic (exact) mass is 506 g/mol. The van der Waals surface area contributed by atoms with E-state index in [1.807, 2.05) is 33.8 Å². The number of ether oxygens (including phenoxy) is 1. The van der Waals surface area contributed by atoms with E-state index in [1.54, 1.807) is 32.9 Å². The molecule has 0 saturated carbocycles. The number of carbonyl (C=O) groups is 4. The summed E-state index contributed by atoms with van der Waals surface area (Å²) in [5.41, 5.74) is 6.85. The van der Waals surface area contributed by atoms with Gasteiger partial charge in [0.25, 0.3) is 0 Å². The molecule has 0 aromatic heterocycles. The topological polar surface area (TPSA) is 151 Å². The zero-order valence-electron chi connectivity index (χ0n) is 22.5. The maximum Gasteiger partial charge on any atom is 0.408 e. The standard InChI is InChI=1S/C26H42N4O6/c1-8-9-18(4)28-23(33)22(19-13-16(2)12-17(3)14-19)30(10-11-31)24(34)20(15-21(27)32)29-25(35)36-26(5,6)7/h12-14,18,20,22,31H,8-11,15H2,1-7H3,(H2,27,32)(H,28,33)(H,29,35). The van der Waals surface area contributed by atoms with E-state index in [1.165, 1.54) is 4.90 Å². The van der Waals surface area contributed by atoms with Gasteiger partial charge in [0, 0.05) is 12.6 Å². The van der Waals surface area contributed by atoms with Crippen LogP contribution >= 0.6 is 0 Å². The third-order valence-corrected chi connectivity index (χ3v) is 5.25. The summed E-state index contributed by atoms with van der Waals surface area (Å²) in [5.74, 6) is -1.99. The molecule has 1 aromatic carbocycles. The highest BCUT2D eigenvalue weighted by atomic mass is 16.6. The van der Waals surface area contributed by atoms with Crippen LogP contribution < -0.4 is 16.4 Å². The average molecular weight is 507 g/mol. The number of nitrogens with two attached hydrogens (primary N) is 1. The van der Waals surface area contributed by atoms with Crippen molar-refractivity contribution in [1.29, 1.82) is 0 Å². The molecular formula is C26H42N4O6. The van der Waals surface area contributed by atoms with E-state index in [4.69, 9.17) is 10.5 Å². The van der Waals surface area contributed by atoms with Gasteiger partial charge in [-0.3, -0.25) is 14.4 Å². The smallest absolute Gasteiger partial charge is 0.408 e. The molecule has 0 bridgehead atoms. The molecule has 10 heteroatoms. The number of aryl methyl sites for hydroxylation is 2. The number of alkyl carbamates (subject to hydrolysis) is 1. The molecule has 202 valence electrons. The van der Waals surface area contributed by atoms with Crippen molar-refractivity contribution in [3.63, 3.8) is 0 Å². The fourth-order valence-electron chi connectivity index (χ4n) is 3.99. The van der Waals surface area contributed by atoms with Crippen LogP contribution in [0, 0.1) is 13.8 Å². The van der Waals surface area contributed by atoms with Crippen molar-refractivity contribution in [1.82, 2.24) is 15.5 Å². The lowest BCUT2D eigenvalue weighted by molar-refractivity contribution is -0.144. The van der Waals surface area contributed by atoms with E-state index < -0.39 is 54.5 Å². The fraction of sp³-hybridized carbons (Fsp3) is 0.615. The summed E-state index contributed by atoms with van der Waals surface area (Å²) in [6, 6.07) is 2.88. The minimum Gasteiger partial charge on any atom is -0.444 e. The van der Waals surface area contributed by atoms with E-state index in [2.05, 4.69) is 10.6 Å². The second-order valence-corrected chi connectivity index (χ2v) is 10.1. The van der Waals surface area contributed by atoms with E-state index in [0.717, 1.165) is 24.0 Å². The number of carbonyl (C=O) groups excluding carboxylic acids is 4. The van der Waals surface area contributed by atoms with Crippen LogP contribution in [-0.2, 0) is 19.1 Å². The van der Waals surface area contributed by atoms with Gasteiger partial charge in [-0.05, 0) is 53.5 Å². The third-order valence-electron chi connectivity index (χ3n) is 5.25. The number of aliphatic hydroxyl groups is 1. The summed E-state index contributed by atoms with van der Waals surface area (Å²) in [7, 11) is 0. The number of hydrogen-bond acceptors (Lipinski definition) is 6. The molecule has 0 fully saturated rings. The Hall–Kier alpha value is -3.14. The SMILES string of the molecule is CCCC(C)NC(=O)C(c1cc(C)cc(C)c1)N(CCO)C(=O)C(CC(N)=O)NC(=O)OC(C)(C)C. The van der Waals surface area contributed by atoms with Gasteiger partial charge in [-0.2, -0.15) is 0 Å². The summed E-state index contributed by atoms with van der Waals surface area (Å²) in [6.45, 7) is 12.0. The first-order valence-electron chi connectivity index (χ1n) is 12.3. The third kappa shape index (κ3) is 10.2. The van der Waals surface area contributed by atoms with E-state index >= 15 is 0 Å². The Morgan fingerprint density at radius 2 is 1.67 bits per heavy atom. The maximum absolute atomic E-state index is 13.7. The summed E-state index contributed by atoms with van der Waals surface area (Å²) >= 11 is 0. The van der Waals surface area contributed by atoms with Gasteiger partial charge in [0.15, 0.2) is 0 Å². The number of primary amides is 1. The molecule has 36 heavy (non-hydrogen) atoms. The first-order valence-corrected chi connectivity index (χ1v) is 12.3. The molecule has 3 unspecified atom stereocenters. The molecular weight excluding hydrogens is 464 g/mol. The Morgan fingerprint density at radius 3 is 2.14 bits per heavy atom. The second kappa shape index (κ2) is 13.8. The van der Waals surface area contributed by atoms with Gasteiger partial charge in [-0.25, -0.2) is 4.79 Å². The van der Waals surface area contributed by atoms with Crippen LogP contribution in [0.5, 0.6) is 0 Å². The van der Waals surface area contributed by atoms with Crippen LogP contribution in [0.1, 0.15) is 76.6 Å². The van der Waals surface area contributed by atoms with Crippen LogP contribution in [-0.4, -0.2) is 64.7 Å². The van der Waals surface area contributed by atoms with Crippen LogP contribution in [0.4, 0.5) is 4.79 Å². The van der Waals surface area contributed by atoms with Crippen molar-refractivity contribution in [2.24, 2.45) is 5.73 Å². The Kier molecular flexibility index (Phi) is 11.9. The largest absolute Gasteiger partial charge is 0.444 e. The van der Waals surface area contributed by atoms with Crippen molar-refractivity contribution >= 4 is 23.8 Å². The van der Waals surface area contributed by atoms with Crippen molar-refractivity contribution in [2.75, 3.05) is 13.2 Å². The molecule has 0 aliphatic carbocycles. The molecule has 0 spiro atoms. The fourth-order valence-corrected chi connectivity index (χ4v) is 3.99. The number of rotatable bonds is 12. The highest BCUT2D eigenvalue weighted by Crippen LogP contribution is 2.25. The lowest BCUT2D eigenvalue weighted by Crippen LogP contribution is -2.55. The number of nitrogens with one attached hydrogen (secondary N) is 2. The van der Waals surface area contributed by atoms with Gasteiger partial charge in [0.05, 0.1) is 13.0 Å². The lowest BCUT2D eigenvalue weighted by atomic mass is 9.97. The molecule has 1 aromatic rings. The zero-order valence-corrected chi connectivity index (χ0v) is 22.5. The lowest BCUT2D eigenvalue weighted by Gasteiger charge is -2.34. The van der Waals surface area contributed by atoms with E-state index in [-0.39, 0.29) is 12.6 Å². The van der Waals surface area contributed by atoms with Crippen molar-refractivity contribution < 1.29 is 29.0 Å². The number of hydrogen-bond donors (Lipinski definition) is 4. The molecule has 10 nitrogen and oxygen atoms in total. The molecule has 0 radical (unpaired) electrons. The van der Waals surface area contributed by atoms with Gasteiger partial charge in [0.2, 0.25) is 17.7 Å². The summed E-state index contributed by atoms with van der Waals surface area (Å²) in [4.78, 5) is 52.6. The molecule has 0 aliphatic heterocycles. The van der Waals surface area contributed by atoms with Crippen molar-refractivity contribution in [2.45, 2.75) is 91.5 Å². The minimum absolute atomic E-state index is 0.150. The Labute approximate surface area is 213 Å². The number of benzene rings is 1. The molecule has 0 aliphatic rings. The molecule has 0 heterocycles. The first-order chi connectivity index (χ1) is 16.7. The highest BCUT2D eigenvalue weighted by Gasteiger charge is 2.37. The molecule has 3 atom stereocenters. The molecule has 1 rings (SSSR count). The van der Waals surface area contributed by atoms with E-state index in [9.17, 15) is 24.3 Å². The number of aliphatic hydroxyl groups excluding tert-OH is 1. The van der Waals surface area contributed by atoms with Crippen LogP contribution in [0.15, 0.2) is 18.2 Å². The summed E-state index contributed by atoms with van der Waals surface area (Å²) in [6.07, 6.45) is 0.183. The first kappa shape index (κ1) is 30.9. The summed E-state index contributed by atoms with van der Waals surface area (Å²) in [5, 5.41) is 15.2. The van der Waals surface area contributed by atoms with Crippen molar-refractivity contribution in [3.8, 4) is 0 Å². The maximum atomic E-state index is 13.7. The minimum atomic E-state index is -1.39. The second-order valence-electron chi connectivity index (χ2n) is 10.1. The van der Waals surface area contributed by atoms with Gasteiger partial charge >= 0.3 is 6.09 Å². The summed E-state index contributed by atoms with van der Waals surface area (Å²) < 4.78 is 5.24. The normalized spacial score (nSPS) is 13.8.